The van der Waals surface area contributed by atoms with Crippen LogP contribution in [0.15, 0.2) is 94.6 Å². The zero-order valence-corrected chi connectivity index (χ0v) is 31.1. The van der Waals surface area contributed by atoms with Gasteiger partial charge in [0.2, 0.25) is 0 Å². The van der Waals surface area contributed by atoms with Crippen molar-refractivity contribution in [3.05, 3.63) is 128 Å². The van der Waals surface area contributed by atoms with E-state index in [0.717, 1.165) is 58.7 Å². The highest BCUT2D eigenvalue weighted by Gasteiger charge is 2.46. The first-order valence-corrected chi connectivity index (χ1v) is 18.5. The van der Waals surface area contributed by atoms with E-state index in [0.29, 0.717) is 22.4 Å². The number of fused-ring (bicyclic) bond motifs is 1. The molecular formula is C40H41BrN8O3. The van der Waals surface area contributed by atoms with Gasteiger partial charge >= 0.3 is 5.69 Å². The van der Waals surface area contributed by atoms with E-state index in [1.165, 1.54) is 17.3 Å². The number of carbonyl (C=O) groups is 2. The smallest absolute Gasteiger partial charge is 0.333 e. The molecule has 3 aromatic carbocycles. The monoisotopic (exact) mass is 760 g/mol. The lowest BCUT2D eigenvalue weighted by atomic mass is 9.79. The van der Waals surface area contributed by atoms with Crippen molar-refractivity contribution in [2.75, 3.05) is 38.1 Å². The van der Waals surface area contributed by atoms with Gasteiger partial charge in [0.25, 0.3) is 11.8 Å². The van der Waals surface area contributed by atoms with Crippen molar-refractivity contribution in [1.82, 2.24) is 34.2 Å². The molecule has 2 aromatic heterocycles. The van der Waals surface area contributed by atoms with Crippen LogP contribution in [0.3, 0.4) is 0 Å². The fraction of sp³-hybridized carbons (Fsp3) is 0.325. The van der Waals surface area contributed by atoms with Crippen LogP contribution in [0.1, 0.15) is 51.0 Å². The summed E-state index contributed by atoms with van der Waals surface area (Å²) in [5.74, 6) is -0.547. The summed E-state index contributed by atoms with van der Waals surface area (Å²) in [6.07, 6.45) is 4.36. The molecule has 2 saturated heterocycles. The molecule has 0 unspecified atom stereocenters. The van der Waals surface area contributed by atoms with E-state index in [2.05, 4.69) is 48.1 Å². The molecule has 0 aliphatic carbocycles. The fourth-order valence-electron chi connectivity index (χ4n) is 8.26. The number of aromatic nitrogens is 4. The number of nitrogens with zero attached hydrogens (tertiary/aromatic N) is 7. The SMILES string of the molecule is Cc1cc(C(=O)N2Cc3c(C(=O)NCc4ccccc4-c4ccncn4)n(-c4ccc(N5CCC6(CN(C)C6)C5)cc4)c(=O)n3C[C@H]2C)ccc1Br. The van der Waals surface area contributed by atoms with Crippen molar-refractivity contribution >= 4 is 33.4 Å². The van der Waals surface area contributed by atoms with Crippen molar-refractivity contribution < 1.29 is 9.59 Å². The maximum atomic E-state index is 14.4. The fourth-order valence-corrected chi connectivity index (χ4v) is 8.51. The molecule has 8 rings (SSSR count). The van der Waals surface area contributed by atoms with Crippen molar-refractivity contribution in [2.24, 2.45) is 5.41 Å². The van der Waals surface area contributed by atoms with Crippen LogP contribution in [-0.2, 0) is 19.6 Å². The van der Waals surface area contributed by atoms with Gasteiger partial charge in [0.05, 0.1) is 23.6 Å². The molecule has 0 radical (unpaired) electrons. The van der Waals surface area contributed by atoms with Gasteiger partial charge in [0.1, 0.15) is 12.0 Å². The lowest BCUT2D eigenvalue weighted by Crippen LogP contribution is -2.55. The number of aryl methyl sites for hydroxylation is 1. The number of hydrogen-bond acceptors (Lipinski definition) is 7. The van der Waals surface area contributed by atoms with Crippen LogP contribution < -0.4 is 15.9 Å². The number of benzene rings is 3. The number of carbonyl (C=O) groups excluding carboxylic acids is 2. The Morgan fingerprint density at radius 1 is 1.00 bits per heavy atom. The van der Waals surface area contributed by atoms with E-state index in [1.807, 2.05) is 80.6 Å². The third kappa shape index (κ3) is 6.13. The molecule has 3 aliphatic rings. The summed E-state index contributed by atoms with van der Waals surface area (Å²) in [6, 6.07) is 22.8. The Kier molecular flexibility index (Phi) is 8.83. The minimum Gasteiger partial charge on any atom is -0.371 e. The van der Waals surface area contributed by atoms with Crippen molar-refractivity contribution in [1.29, 1.82) is 0 Å². The summed E-state index contributed by atoms with van der Waals surface area (Å²) in [6.45, 7) is 8.73. The maximum absolute atomic E-state index is 14.4. The average molecular weight is 762 g/mol. The number of likely N-dealkylation sites (tertiary alicyclic amines) is 1. The minimum atomic E-state index is -0.399. The number of hydrogen-bond donors (Lipinski definition) is 1. The van der Waals surface area contributed by atoms with Crippen LogP contribution in [0.5, 0.6) is 0 Å². The third-order valence-corrected chi connectivity index (χ3v) is 11.8. The number of imidazole rings is 1. The first kappa shape index (κ1) is 34.0. The molecule has 1 atom stereocenters. The van der Waals surface area contributed by atoms with Gasteiger partial charge in [-0.3, -0.25) is 18.7 Å². The molecule has 2 amide bonds. The van der Waals surface area contributed by atoms with E-state index < -0.39 is 5.91 Å². The molecule has 2 fully saturated rings. The Morgan fingerprint density at radius 3 is 2.50 bits per heavy atom. The second-order valence-electron chi connectivity index (χ2n) is 14.6. The van der Waals surface area contributed by atoms with Crippen molar-refractivity contribution in [3.63, 3.8) is 0 Å². The maximum Gasteiger partial charge on any atom is 0.333 e. The largest absolute Gasteiger partial charge is 0.371 e. The zero-order valence-electron chi connectivity index (χ0n) is 29.6. The summed E-state index contributed by atoms with van der Waals surface area (Å²) in [5, 5.41) is 3.11. The summed E-state index contributed by atoms with van der Waals surface area (Å²) in [4.78, 5) is 57.7. The summed E-state index contributed by atoms with van der Waals surface area (Å²) in [5.41, 5.74) is 6.52. The highest BCUT2D eigenvalue weighted by molar-refractivity contribution is 9.10. The molecule has 5 heterocycles. The number of rotatable bonds is 7. The van der Waals surface area contributed by atoms with E-state index in [4.69, 9.17) is 0 Å². The summed E-state index contributed by atoms with van der Waals surface area (Å²) in [7, 11) is 2.17. The van der Waals surface area contributed by atoms with E-state index in [-0.39, 0.29) is 43.0 Å². The van der Waals surface area contributed by atoms with Gasteiger partial charge in [0.15, 0.2) is 0 Å². The molecule has 266 valence electrons. The zero-order chi connectivity index (χ0) is 36.1. The first-order chi connectivity index (χ1) is 25.1. The molecule has 5 aromatic rings. The summed E-state index contributed by atoms with van der Waals surface area (Å²) >= 11 is 3.53. The number of nitrogens with one attached hydrogen (secondary N) is 1. The van der Waals surface area contributed by atoms with Gasteiger partial charge in [-0.05, 0) is 87.0 Å². The first-order valence-electron chi connectivity index (χ1n) is 17.7. The third-order valence-electron chi connectivity index (χ3n) is 10.9. The van der Waals surface area contributed by atoms with Crippen LogP contribution >= 0.6 is 15.9 Å². The molecule has 11 nitrogen and oxygen atoms in total. The Balaban J connectivity index is 1.14. The van der Waals surface area contributed by atoms with Gasteiger partial charge in [-0.15, -0.1) is 0 Å². The second kappa shape index (κ2) is 13.5. The van der Waals surface area contributed by atoms with Crippen molar-refractivity contribution in [2.45, 2.75) is 45.9 Å². The van der Waals surface area contributed by atoms with E-state index >= 15 is 0 Å². The van der Waals surface area contributed by atoms with Crippen LogP contribution in [0, 0.1) is 12.3 Å². The van der Waals surface area contributed by atoms with Gasteiger partial charge in [-0.25, -0.2) is 14.8 Å². The molecule has 1 N–H and O–H groups in total. The molecule has 3 aliphatic heterocycles. The normalized spacial score (nSPS) is 18.0. The topological polar surface area (TPSA) is 109 Å². The van der Waals surface area contributed by atoms with Crippen LogP contribution in [0.2, 0.25) is 0 Å². The lowest BCUT2D eigenvalue weighted by Gasteiger charge is -2.46. The quantitative estimate of drug-likeness (QED) is 0.241. The molecule has 0 bridgehead atoms. The van der Waals surface area contributed by atoms with Gasteiger partial charge in [-0.2, -0.15) is 0 Å². The number of halogens is 1. The number of amides is 2. The molecule has 12 heteroatoms. The lowest BCUT2D eigenvalue weighted by molar-refractivity contribution is 0.0424. The Bertz CT molecular complexity index is 2230. The minimum absolute atomic E-state index is 0.111. The highest BCUT2D eigenvalue weighted by Crippen LogP contribution is 2.40. The van der Waals surface area contributed by atoms with Gasteiger partial charge in [0, 0.05) is 78.2 Å². The highest BCUT2D eigenvalue weighted by atomic mass is 79.9. The summed E-state index contributed by atoms with van der Waals surface area (Å²) < 4.78 is 4.10. The Morgan fingerprint density at radius 2 is 1.77 bits per heavy atom. The number of anilines is 1. The van der Waals surface area contributed by atoms with Crippen LogP contribution in [0.4, 0.5) is 5.69 Å². The molecule has 1 spiro atoms. The van der Waals surface area contributed by atoms with Gasteiger partial charge in [-0.1, -0.05) is 40.2 Å². The molecule has 0 saturated carbocycles. The van der Waals surface area contributed by atoms with Crippen LogP contribution in [0.25, 0.3) is 16.9 Å². The van der Waals surface area contributed by atoms with Crippen molar-refractivity contribution in [3.8, 4) is 16.9 Å². The standard InChI is InChI=1S/C40H41BrN8O3/c1-26-18-28(8-13-33(26)41)38(51)47-21-35-36(37(50)43-19-29-6-4-5-7-32(29)34-14-16-42-25-44-34)49(39(52)48(35)20-27(47)2)31-11-9-30(10-12-31)46-17-15-40(24-46)22-45(3)23-40/h4-14,16,18,25,27H,15,17,19-24H2,1-3H3,(H,43,50)/t27-/m1/s1. The molecular weight excluding hydrogens is 720 g/mol. The van der Waals surface area contributed by atoms with Gasteiger partial charge < -0.3 is 20.0 Å². The van der Waals surface area contributed by atoms with E-state index in [9.17, 15) is 14.4 Å². The second-order valence-corrected chi connectivity index (χ2v) is 15.4. The van der Waals surface area contributed by atoms with Crippen LogP contribution in [-0.4, -0.2) is 80.0 Å². The predicted molar refractivity (Wildman–Crippen MR) is 204 cm³/mol. The average Bonchev–Trinajstić information content (AvgIpc) is 3.71. The Hall–Kier alpha value is -5.07. The molecule has 52 heavy (non-hydrogen) atoms. The Labute approximate surface area is 311 Å². The van der Waals surface area contributed by atoms with E-state index in [1.54, 1.807) is 21.7 Å². The predicted octanol–water partition coefficient (Wildman–Crippen LogP) is 5.28.